The fourth-order valence-electron chi connectivity index (χ4n) is 0.466. The first kappa shape index (κ1) is 4.29. The molecule has 0 radical (unpaired) electrons. The highest BCUT2D eigenvalue weighted by molar-refractivity contribution is 7.38. The molecule has 0 aromatic rings. The lowest BCUT2D eigenvalue weighted by atomic mass is 10.5. The van der Waals surface area contributed by atoms with Gasteiger partial charge in [-0.3, -0.25) is 0 Å². The Morgan fingerprint density at radius 2 is 2.67 bits per heavy atom. The van der Waals surface area contributed by atoms with Gasteiger partial charge in [0, 0.05) is 6.29 Å². The van der Waals surface area contributed by atoms with E-state index in [0.717, 1.165) is 0 Å². The Labute approximate surface area is 39.6 Å². The van der Waals surface area contributed by atoms with E-state index in [-0.39, 0.29) is 0 Å². The first-order chi connectivity index (χ1) is 3.00. The molecule has 6 heavy (non-hydrogen) atoms. The summed E-state index contributed by atoms with van der Waals surface area (Å²) in [5.41, 5.74) is 0. The van der Waals surface area contributed by atoms with Crippen LogP contribution in [0.2, 0.25) is 0 Å². The molecule has 1 aliphatic rings. The second-order valence-electron chi connectivity index (χ2n) is 1.31. The van der Waals surface area contributed by atoms with E-state index >= 15 is 0 Å². The zero-order chi connectivity index (χ0) is 4.24. The van der Waals surface area contributed by atoms with E-state index in [1.54, 1.807) is 0 Å². The first-order valence-electron chi connectivity index (χ1n) is 2.19. The van der Waals surface area contributed by atoms with Crippen LogP contribution in [-0.4, -0.2) is 18.6 Å². The average molecular weight is 101 g/mol. The summed E-state index contributed by atoms with van der Waals surface area (Å²) in [7, 11) is 1.46. The molecular formula is C4H8NP. The maximum atomic E-state index is 3.24. The Morgan fingerprint density at radius 1 is 1.67 bits per heavy atom. The highest BCUT2D eigenvalue weighted by Crippen LogP contribution is 1.94. The topological polar surface area (TPSA) is 12.0 Å². The molecule has 0 unspecified atom stereocenters. The zero-order valence-electron chi connectivity index (χ0n) is 3.65. The molecule has 2 heteroatoms. The maximum Gasteiger partial charge on any atom is 0.0374 e. The molecule has 0 aliphatic carbocycles. The van der Waals surface area contributed by atoms with Gasteiger partial charge in [0.1, 0.15) is 0 Å². The Morgan fingerprint density at radius 3 is 2.83 bits per heavy atom. The van der Waals surface area contributed by atoms with Crippen LogP contribution in [0.5, 0.6) is 0 Å². The monoisotopic (exact) mass is 101 g/mol. The van der Waals surface area contributed by atoms with Gasteiger partial charge in [-0.1, -0.05) is 14.0 Å². The van der Waals surface area contributed by atoms with Crippen LogP contribution in [0, 0.1) is 0 Å². The summed E-state index contributed by atoms with van der Waals surface area (Å²) in [5, 5.41) is 3.24. The third-order valence-corrected chi connectivity index (χ3v) is 1.70. The molecule has 0 spiro atoms. The van der Waals surface area contributed by atoms with Crippen LogP contribution in [0.25, 0.3) is 0 Å². The van der Waals surface area contributed by atoms with E-state index < -0.39 is 0 Å². The number of nitrogens with one attached hydrogen (secondary N) is 1. The molecule has 0 amide bonds. The van der Waals surface area contributed by atoms with E-state index in [1.165, 1.54) is 27.5 Å². The van der Waals surface area contributed by atoms with E-state index in [1.807, 2.05) is 0 Å². The summed E-state index contributed by atoms with van der Waals surface area (Å²) in [5.74, 6) is 2.30. The van der Waals surface area contributed by atoms with Crippen molar-refractivity contribution in [3.8, 4) is 0 Å². The summed E-state index contributed by atoms with van der Waals surface area (Å²) in [6.45, 7) is 1.19. The first-order valence-corrected chi connectivity index (χ1v) is 3.34. The van der Waals surface area contributed by atoms with Crippen molar-refractivity contribution < 1.29 is 0 Å². The third-order valence-electron chi connectivity index (χ3n) is 0.782. The van der Waals surface area contributed by atoms with E-state index in [4.69, 9.17) is 0 Å². The van der Waals surface area contributed by atoms with Gasteiger partial charge in [-0.2, -0.15) is 0 Å². The average Bonchev–Trinajstić information content (AvgIpc) is 1.72. The molecule has 1 heterocycles. The molecular weight excluding hydrogens is 93.0 g/mol. The van der Waals surface area contributed by atoms with Crippen LogP contribution in [-0.2, 0) is 0 Å². The molecule has 0 atom stereocenters. The second kappa shape index (κ2) is 2.33. The molecule has 0 aromatic carbocycles. The van der Waals surface area contributed by atoms with Crippen LogP contribution < -0.4 is 5.32 Å². The lowest BCUT2D eigenvalue weighted by molar-refractivity contribution is 0.804. The lowest BCUT2D eigenvalue weighted by Crippen LogP contribution is -2.15. The smallest absolute Gasteiger partial charge is 0.0374 e. The third kappa shape index (κ3) is 1.08. The molecule has 0 fully saturated rings. The van der Waals surface area contributed by atoms with Crippen molar-refractivity contribution in [1.82, 2.24) is 5.32 Å². The normalized spacial score (nSPS) is 24.0. The molecule has 0 bridgehead atoms. The van der Waals surface area contributed by atoms with Crippen LogP contribution in [0.4, 0.5) is 0 Å². The summed E-state index contributed by atoms with van der Waals surface area (Å²) in [4.78, 5) is 0. The van der Waals surface area contributed by atoms with Gasteiger partial charge in [0.15, 0.2) is 0 Å². The van der Waals surface area contributed by atoms with Crippen LogP contribution in [0.15, 0.2) is 0 Å². The quantitative estimate of drug-likeness (QED) is 0.442. The predicted molar refractivity (Wildman–Crippen MR) is 30.5 cm³/mol. The van der Waals surface area contributed by atoms with Gasteiger partial charge in [0.2, 0.25) is 0 Å². The van der Waals surface area contributed by atoms with Crippen molar-refractivity contribution in [2.24, 2.45) is 0 Å². The van der Waals surface area contributed by atoms with E-state index in [2.05, 4.69) is 11.1 Å². The molecule has 0 aromatic heterocycles. The van der Waals surface area contributed by atoms with Crippen molar-refractivity contribution >= 4 is 14.0 Å². The minimum atomic E-state index is 1.17. The highest BCUT2D eigenvalue weighted by Gasteiger charge is 1.85. The minimum absolute atomic E-state index is 1.17. The number of hydrogen-bond donors (Lipinski definition) is 1. The fourth-order valence-corrected chi connectivity index (χ4v) is 1.19. The van der Waals surface area contributed by atoms with Gasteiger partial charge < -0.3 is 5.32 Å². The van der Waals surface area contributed by atoms with Crippen LogP contribution >= 0.6 is 8.20 Å². The summed E-state index contributed by atoms with van der Waals surface area (Å²) < 4.78 is 0. The van der Waals surface area contributed by atoms with Crippen molar-refractivity contribution in [2.45, 2.75) is 6.42 Å². The standard InChI is InChI=1S/C4H8NP/c1-2-5-4-6-3-1/h3,5H,1-2,4H2. The predicted octanol–water partition coefficient (Wildman–Crippen LogP) is 0.686. The zero-order valence-corrected chi connectivity index (χ0v) is 4.54. The maximum absolute atomic E-state index is 3.24. The molecule has 0 saturated carbocycles. The van der Waals surface area contributed by atoms with Crippen molar-refractivity contribution in [1.29, 1.82) is 0 Å². The van der Waals surface area contributed by atoms with Crippen molar-refractivity contribution in [3.63, 3.8) is 0 Å². The molecule has 1 N–H and O–H groups in total. The van der Waals surface area contributed by atoms with Gasteiger partial charge in [-0.15, -0.1) is 0 Å². The number of hydrogen-bond acceptors (Lipinski definition) is 1. The van der Waals surface area contributed by atoms with Gasteiger partial charge in [-0.25, -0.2) is 0 Å². The summed E-state index contributed by atoms with van der Waals surface area (Å²) >= 11 is 0. The summed E-state index contributed by atoms with van der Waals surface area (Å²) in [6.07, 6.45) is 2.42. The lowest BCUT2D eigenvalue weighted by Gasteiger charge is -2.00. The summed E-state index contributed by atoms with van der Waals surface area (Å²) in [6, 6.07) is 0. The van der Waals surface area contributed by atoms with Gasteiger partial charge in [-0.05, 0) is 13.0 Å². The van der Waals surface area contributed by atoms with Gasteiger partial charge in [0.25, 0.3) is 0 Å². The Hall–Kier alpha value is 0.130. The van der Waals surface area contributed by atoms with Gasteiger partial charge >= 0.3 is 0 Å². The number of rotatable bonds is 0. The Bertz CT molecular complexity index is 52.6. The molecule has 1 aliphatic heterocycles. The Kier molecular flexibility index (Phi) is 1.67. The van der Waals surface area contributed by atoms with E-state index in [0.29, 0.717) is 0 Å². The molecule has 1 rings (SSSR count). The van der Waals surface area contributed by atoms with Crippen LogP contribution in [0.1, 0.15) is 6.42 Å². The molecule has 0 saturated heterocycles. The van der Waals surface area contributed by atoms with E-state index in [9.17, 15) is 0 Å². The highest BCUT2D eigenvalue weighted by atomic mass is 31.1. The van der Waals surface area contributed by atoms with Crippen molar-refractivity contribution in [3.05, 3.63) is 0 Å². The van der Waals surface area contributed by atoms with Gasteiger partial charge in [0.05, 0.1) is 0 Å². The molecule has 34 valence electrons. The Balaban J connectivity index is 2.26. The SMILES string of the molecule is C1=PCNCC1. The largest absolute Gasteiger partial charge is 0.309 e. The van der Waals surface area contributed by atoms with Crippen LogP contribution in [0.3, 0.4) is 0 Å². The molecule has 1 nitrogen and oxygen atoms in total. The fraction of sp³-hybridized carbons (Fsp3) is 0.750. The minimum Gasteiger partial charge on any atom is -0.309 e. The van der Waals surface area contributed by atoms with Crippen molar-refractivity contribution in [2.75, 3.05) is 12.8 Å². The second-order valence-corrected chi connectivity index (χ2v) is 2.36.